The summed E-state index contributed by atoms with van der Waals surface area (Å²) in [5.41, 5.74) is 0.889. The molecular formula is C15H17FN4O. The molecule has 2 heterocycles. The molecular weight excluding hydrogens is 271 g/mol. The lowest BCUT2D eigenvalue weighted by atomic mass is 9.95. The maximum Gasteiger partial charge on any atom is 0.324 e. The van der Waals surface area contributed by atoms with E-state index in [1.54, 1.807) is 0 Å². The summed E-state index contributed by atoms with van der Waals surface area (Å²) in [6.45, 7) is 3.62. The second kappa shape index (κ2) is 4.80. The fraction of sp³-hybridized carbons (Fsp3) is 0.467. The van der Waals surface area contributed by atoms with Crippen molar-refractivity contribution in [2.45, 2.75) is 18.3 Å². The van der Waals surface area contributed by atoms with Gasteiger partial charge in [0.2, 0.25) is 0 Å². The standard InChI is InChI=1S/C15H17FN4O/c16-12-3-1-11(2-4-12)15(5-6-15)13-18-14(21-19-13)20-9-7-17-8-10-20/h1-4,17H,5-10H2. The highest BCUT2D eigenvalue weighted by Gasteiger charge is 2.50. The van der Waals surface area contributed by atoms with Crippen molar-refractivity contribution < 1.29 is 8.91 Å². The third kappa shape index (κ3) is 2.19. The highest BCUT2D eigenvalue weighted by Crippen LogP contribution is 2.52. The van der Waals surface area contributed by atoms with E-state index in [1.165, 1.54) is 12.1 Å². The fourth-order valence-corrected chi connectivity index (χ4v) is 2.93. The number of nitrogens with zero attached hydrogens (tertiary/aromatic N) is 3. The molecule has 0 atom stereocenters. The van der Waals surface area contributed by atoms with E-state index in [9.17, 15) is 4.39 Å². The van der Waals surface area contributed by atoms with Crippen molar-refractivity contribution in [3.63, 3.8) is 0 Å². The molecule has 5 nitrogen and oxygen atoms in total. The Morgan fingerprint density at radius 1 is 1.14 bits per heavy atom. The number of aromatic nitrogens is 2. The van der Waals surface area contributed by atoms with Crippen LogP contribution in [0.4, 0.5) is 10.4 Å². The Bertz CT molecular complexity index is 629. The maximum atomic E-state index is 13.1. The Morgan fingerprint density at radius 3 is 2.52 bits per heavy atom. The van der Waals surface area contributed by atoms with E-state index in [4.69, 9.17) is 4.52 Å². The number of hydrogen-bond acceptors (Lipinski definition) is 5. The second-order valence-corrected chi connectivity index (χ2v) is 5.73. The molecule has 0 amide bonds. The van der Waals surface area contributed by atoms with Crippen molar-refractivity contribution in [2.75, 3.05) is 31.1 Å². The number of anilines is 1. The van der Waals surface area contributed by atoms with Gasteiger partial charge in [-0.3, -0.25) is 0 Å². The number of halogens is 1. The SMILES string of the molecule is Fc1ccc(C2(c3noc(N4CCNCC4)n3)CC2)cc1. The monoisotopic (exact) mass is 288 g/mol. The summed E-state index contributed by atoms with van der Waals surface area (Å²) in [5.74, 6) is 0.506. The van der Waals surface area contributed by atoms with Crippen molar-refractivity contribution >= 4 is 6.01 Å². The molecule has 0 bridgehead atoms. The summed E-state index contributed by atoms with van der Waals surface area (Å²) >= 11 is 0. The average molecular weight is 288 g/mol. The molecule has 1 saturated heterocycles. The van der Waals surface area contributed by atoms with Crippen LogP contribution in [0.25, 0.3) is 0 Å². The molecule has 110 valence electrons. The zero-order chi connectivity index (χ0) is 14.3. The van der Waals surface area contributed by atoms with Crippen LogP contribution < -0.4 is 10.2 Å². The number of hydrogen-bond donors (Lipinski definition) is 1. The molecule has 21 heavy (non-hydrogen) atoms. The third-order valence-corrected chi connectivity index (χ3v) is 4.38. The van der Waals surface area contributed by atoms with Crippen LogP contribution in [0.5, 0.6) is 0 Å². The highest BCUT2D eigenvalue weighted by molar-refractivity contribution is 5.40. The molecule has 1 aliphatic carbocycles. The van der Waals surface area contributed by atoms with E-state index in [2.05, 4.69) is 20.4 Å². The van der Waals surface area contributed by atoms with E-state index >= 15 is 0 Å². The van der Waals surface area contributed by atoms with Crippen molar-refractivity contribution in [2.24, 2.45) is 0 Å². The molecule has 1 aromatic carbocycles. The minimum Gasteiger partial charge on any atom is -0.322 e. The van der Waals surface area contributed by atoms with Gasteiger partial charge in [-0.05, 0) is 30.5 Å². The predicted molar refractivity (Wildman–Crippen MR) is 75.8 cm³/mol. The maximum absolute atomic E-state index is 13.1. The minimum absolute atomic E-state index is 0.177. The summed E-state index contributed by atoms with van der Waals surface area (Å²) in [6, 6.07) is 7.23. The van der Waals surface area contributed by atoms with E-state index in [0.717, 1.165) is 50.4 Å². The van der Waals surface area contributed by atoms with Crippen LogP contribution in [0.1, 0.15) is 24.2 Å². The first kappa shape index (κ1) is 12.8. The van der Waals surface area contributed by atoms with Gasteiger partial charge in [-0.25, -0.2) is 4.39 Å². The lowest BCUT2D eigenvalue weighted by molar-refractivity contribution is 0.395. The van der Waals surface area contributed by atoms with Gasteiger partial charge in [-0.2, -0.15) is 4.98 Å². The van der Waals surface area contributed by atoms with E-state index in [0.29, 0.717) is 6.01 Å². The summed E-state index contributed by atoms with van der Waals surface area (Å²) in [4.78, 5) is 6.70. The van der Waals surface area contributed by atoms with Crippen molar-refractivity contribution in [3.8, 4) is 0 Å². The van der Waals surface area contributed by atoms with E-state index < -0.39 is 0 Å². The van der Waals surface area contributed by atoms with Gasteiger partial charge in [-0.15, -0.1) is 0 Å². The lowest BCUT2D eigenvalue weighted by Gasteiger charge is -2.24. The van der Waals surface area contributed by atoms with Crippen LogP contribution in [0.3, 0.4) is 0 Å². The van der Waals surface area contributed by atoms with E-state index in [-0.39, 0.29) is 11.2 Å². The molecule has 2 aliphatic rings. The first-order chi connectivity index (χ1) is 10.3. The van der Waals surface area contributed by atoms with Crippen LogP contribution in [-0.2, 0) is 5.41 Å². The Kier molecular flexibility index (Phi) is 2.92. The van der Waals surface area contributed by atoms with Crippen LogP contribution in [0.2, 0.25) is 0 Å². The van der Waals surface area contributed by atoms with Crippen LogP contribution in [0.15, 0.2) is 28.8 Å². The van der Waals surface area contributed by atoms with Crippen molar-refractivity contribution in [1.82, 2.24) is 15.5 Å². The third-order valence-electron chi connectivity index (χ3n) is 4.38. The molecule has 1 aliphatic heterocycles. The van der Waals surface area contributed by atoms with Crippen LogP contribution >= 0.6 is 0 Å². The number of piperazine rings is 1. The Morgan fingerprint density at radius 2 is 1.86 bits per heavy atom. The first-order valence-electron chi connectivity index (χ1n) is 7.34. The minimum atomic E-state index is -0.218. The van der Waals surface area contributed by atoms with Gasteiger partial charge in [0.1, 0.15) is 5.82 Å². The number of benzene rings is 1. The Labute approximate surface area is 122 Å². The van der Waals surface area contributed by atoms with Crippen LogP contribution in [-0.4, -0.2) is 36.3 Å². The van der Waals surface area contributed by atoms with Crippen molar-refractivity contribution in [3.05, 3.63) is 41.5 Å². The molecule has 2 fully saturated rings. The summed E-state index contributed by atoms with van der Waals surface area (Å²) in [5, 5.41) is 7.48. The molecule has 0 spiro atoms. The zero-order valence-electron chi connectivity index (χ0n) is 11.7. The highest BCUT2D eigenvalue weighted by atomic mass is 19.1. The molecule has 1 aromatic heterocycles. The van der Waals surface area contributed by atoms with Crippen molar-refractivity contribution in [1.29, 1.82) is 0 Å². The van der Waals surface area contributed by atoms with Gasteiger partial charge in [0.05, 0.1) is 5.41 Å². The molecule has 0 unspecified atom stereocenters. The molecule has 1 saturated carbocycles. The second-order valence-electron chi connectivity index (χ2n) is 5.73. The fourth-order valence-electron chi connectivity index (χ4n) is 2.93. The average Bonchev–Trinajstić information content (AvgIpc) is 3.19. The molecule has 1 N–H and O–H groups in total. The largest absolute Gasteiger partial charge is 0.324 e. The van der Waals surface area contributed by atoms with E-state index in [1.807, 2.05) is 12.1 Å². The van der Waals surface area contributed by atoms with Gasteiger partial charge >= 0.3 is 6.01 Å². The molecule has 6 heteroatoms. The van der Waals surface area contributed by atoms with Gasteiger partial charge in [0, 0.05) is 26.2 Å². The smallest absolute Gasteiger partial charge is 0.322 e. The van der Waals surface area contributed by atoms with Gasteiger partial charge in [0.25, 0.3) is 0 Å². The van der Waals surface area contributed by atoms with Gasteiger partial charge in [-0.1, -0.05) is 17.3 Å². The predicted octanol–water partition coefficient (Wildman–Crippen LogP) is 1.70. The molecule has 4 rings (SSSR count). The van der Waals surface area contributed by atoms with Crippen LogP contribution in [0, 0.1) is 5.82 Å². The van der Waals surface area contributed by atoms with Gasteiger partial charge in [0.15, 0.2) is 5.82 Å². The normalized spacial score (nSPS) is 20.5. The Balaban J connectivity index is 1.61. The quantitative estimate of drug-likeness (QED) is 0.931. The molecule has 2 aromatic rings. The summed E-state index contributed by atoms with van der Waals surface area (Å²) in [6.07, 6.45) is 1.97. The molecule has 0 radical (unpaired) electrons. The summed E-state index contributed by atoms with van der Waals surface area (Å²) in [7, 11) is 0. The van der Waals surface area contributed by atoms with Gasteiger partial charge < -0.3 is 14.7 Å². The topological polar surface area (TPSA) is 54.2 Å². The number of nitrogens with one attached hydrogen (secondary N) is 1. The Hall–Kier alpha value is -1.95. The zero-order valence-corrected chi connectivity index (χ0v) is 11.7. The number of rotatable bonds is 3. The summed E-state index contributed by atoms with van der Waals surface area (Å²) < 4.78 is 18.5. The lowest BCUT2D eigenvalue weighted by Crippen LogP contribution is -2.43. The first-order valence-corrected chi connectivity index (χ1v) is 7.34.